The van der Waals surface area contributed by atoms with E-state index in [4.69, 9.17) is 9.15 Å². The first-order valence-corrected chi connectivity index (χ1v) is 12.5. The number of rotatable bonds is 4. The highest BCUT2D eigenvalue weighted by molar-refractivity contribution is 8.00. The number of fused-ring (bicyclic) bond motifs is 1. The van der Waals surface area contributed by atoms with Crippen molar-refractivity contribution in [3.63, 3.8) is 0 Å². The summed E-state index contributed by atoms with van der Waals surface area (Å²) >= 11 is 3.48. The number of nitrogens with one attached hydrogen (secondary N) is 1. The third kappa shape index (κ3) is 8.14. The number of methoxy groups -OCH3 is 1. The van der Waals surface area contributed by atoms with Crippen LogP contribution in [0.25, 0.3) is 11.0 Å². The van der Waals surface area contributed by atoms with E-state index in [-0.39, 0.29) is 5.91 Å². The van der Waals surface area contributed by atoms with Gasteiger partial charge in [-0.1, -0.05) is 0 Å². The van der Waals surface area contributed by atoms with Crippen LogP contribution in [0.1, 0.15) is 17.3 Å². The Morgan fingerprint density at radius 3 is 2.52 bits per heavy atom. The molecule has 0 unspecified atom stereocenters. The van der Waals surface area contributed by atoms with Crippen LogP contribution in [0.5, 0.6) is 0 Å². The molecule has 1 amide bonds. The largest absolute Gasteiger partial charge is 0.464 e. The summed E-state index contributed by atoms with van der Waals surface area (Å²) in [5.74, 6) is 0.811. The number of thioether (sulfide) groups is 1. The molecule has 168 valence electrons. The van der Waals surface area contributed by atoms with Gasteiger partial charge < -0.3 is 19.2 Å². The van der Waals surface area contributed by atoms with E-state index in [0.717, 1.165) is 41.3 Å². The van der Waals surface area contributed by atoms with E-state index in [9.17, 15) is 4.79 Å². The summed E-state index contributed by atoms with van der Waals surface area (Å²) in [5.41, 5.74) is 3.21. The summed E-state index contributed by atoms with van der Waals surface area (Å²) < 4.78 is 17.4. The molecule has 2 heterocycles. The normalized spacial score (nSPS) is 13.0. The van der Waals surface area contributed by atoms with Crippen molar-refractivity contribution < 1.29 is 18.7 Å². The highest BCUT2D eigenvalue weighted by Crippen LogP contribution is 2.25. The van der Waals surface area contributed by atoms with Crippen molar-refractivity contribution in [1.82, 2.24) is 0 Å². The summed E-state index contributed by atoms with van der Waals surface area (Å²) in [7, 11) is 1.68. The second kappa shape index (κ2) is 14.0. The van der Waals surface area contributed by atoms with Crippen molar-refractivity contribution in [2.45, 2.75) is 6.92 Å². The zero-order valence-corrected chi connectivity index (χ0v) is 20.1. The Labute approximate surface area is 192 Å². The van der Waals surface area contributed by atoms with Gasteiger partial charge >= 0.3 is 0 Å². The number of anilines is 2. The summed E-state index contributed by atoms with van der Waals surface area (Å²) in [6.45, 7) is 4.13. The number of carbonyl (C=O) groups is 1. The lowest BCUT2D eigenvalue weighted by Gasteiger charge is -2.27. The molecule has 31 heavy (non-hydrogen) atoms. The van der Waals surface area contributed by atoms with Gasteiger partial charge in [0, 0.05) is 41.8 Å². The lowest BCUT2D eigenvalue weighted by molar-refractivity contribution is 0.102. The van der Waals surface area contributed by atoms with E-state index in [2.05, 4.69) is 14.4 Å². The fraction of sp³-hybridized carbons (Fsp3) is 0.348. The Balaban J connectivity index is 0.000000431. The van der Waals surface area contributed by atoms with E-state index < -0.39 is 0 Å². The van der Waals surface area contributed by atoms with E-state index in [1.54, 1.807) is 37.1 Å². The highest BCUT2D eigenvalue weighted by atomic mass is 32.2. The number of furan rings is 1. The molecule has 1 aliphatic heterocycles. The zero-order chi connectivity index (χ0) is 22.5. The van der Waals surface area contributed by atoms with Crippen molar-refractivity contribution in [2.75, 3.05) is 54.9 Å². The Bertz CT molecular complexity index is 907. The number of carbonyl (C=O) groups excluding carboxylic acids is 1. The minimum Gasteiger partial charge on any atom is -0.464 e. The van der Waals surface area contributed by atoms with Crippen LogP contribution in [0.4, 0.5) is 11.4 Å². The van der Waals surface area contributed by atoms with Crippen molar-refractivity contribution in [3.8, 4) is 0 Å². The van der Waals surface area contributed by atoms with Gasteiger partial charge in [0.05, 0.1) is 12.9 Å². The molecule has 8 heteroatoms. The highest BCUT2D eigenvalue weighted by Gasteiger charge is 2.13. The molecule has 6 nitrogen and oxygen atoms in total. The minimum atomic E-state index is -0.132. The van der Waals surface area contributed by atoms with Crippen molar-refractivity contribution >= 4 is 52.0 Å². The number of amides is 1. The average Bonchev–Trinajstić information content (AvgIpc) is 3.28. The average molecular weight is 463 g/mol. The molecule has 0 saturated carbocycles. The topological polar surface area (TPSA) is 63.9 Å². The maximum atomic E-state index is 12.4. The number of hydrogen-bond donors (Lipinski definition) is 1. The van der Waals surface area contributed by atoms with Crippen molar-refractivity contribution in [2.24, 2.45) is 0 Å². The van der Waals surface area contributed by atoms with E-state index >= 15 is 0 Å². The fourth-order valence-corrected chi connectivity index (χ4v) is 3.40. The van der Waals surface area contributed by atoms with Gasteiger partial charge in [0.1, 0.15) is 12.3 Å². The standard InChI is InChI=1S/C18H16N2O3S.C3H8O.C2H6S/c21-18(19-15-3-6-17-14(11-15)7-8-23-17)13-1-4-16(5-2-13)20-12-22-9-10-24-20;1-3-4-2;1-3-2/h1-8,11H,9-10,12H2,(H,19,21);3H2,1-2H3;1-2H3. The molecule has 0 aliphatic carbocycles. The summed E-state index contributed by atoms with van der Waals surface area (Å²) in [4.78, 5) is 12.4. The third-order valence-electron chi connectivity index (χ3n) is 4.10. The van der Waals surface area contributed by atoms with Crippen LogP contribution in [-0.4, -0.2) is 51.2 Å². The van der Waals surface area contributed by atoms with Gasteiger partial charge in [0.25, 0.3) is 5.91 Å². The predicted octanol–water partition coefficient (Wildman–Crippen LogP) is 5.76. The molecular weight excluding hydrogens is 432 g/mol. The third-order valence-corrected chi connectivity index (χ3v) is 5.08. The number of ether oxygens (including phenoxy) is 2. The van der Waals surface area contributed by atoms with Gasteiger partial charge in [0.15, 0.2) is 0 Å². The Morgan fingerprint density at radius 1 is 1.19 bits per heavy atom. The SMILES string of the molecule is CCOC.CSC.O=C(Nc1ccc2occc2c1)c1ccc(N2COCCS2)cc1. The first-order chi connectivity index (χ1) is 15.1. The van der Waals surface area contributed by atoms with E-state index in [1.165, 1.54) is 0 Å². The monoisotopic (exact) mass is 462 g/mol. The molecule has 1 saturated heterocycles. The molecule has 2 aromatic carbocycles. The Kier molecular flexibility index (Phi) is 11.4. The van der Waals surface area contributed by atoms with Gasteiger partial charge in [-0.15, -0.1) is 0 Å². The molecule has 1 N–H and O–H groups in total. The van der Waals surface area contributed by atoms with Gasteiger partial charge in [-0.2, -0.15) is 11.8 Å². The maximum Gasteiger partial charge on any atom is 0.255 e. The molecular formula is C23H30N2O4S2. The maximum absolute atomic E-state index is 12.4. The minimum absolute atomic E-state index is 0.132. The first kappa shape index (κ1) is 25.1. The molecule has 1 aliphatic rings. The number of hydrogen-bond acceptors (Lipinski definition) is 7. The fourth-order valence-electron chi connectivity index (χ4n) is 2.57. The van der Waals surface area contributed by atoms with Crippen LogP contribution in [0.2, 0.25) is 0 Å². The van der Waals surface area contributed by atoms with Crippen LogP contribution in [0.3, 0.4) is 0 Å². The van der Waals surface area contributed by atoms with Gasteiger partial charge in [-0.25, -0.2) is 0 Å². The molecule has 1 fully saturated rings. The van der Waals surface area contributed by atoms with E-state index in [1.807, 2.05) is 68.0 Å². The molecule has 3 aromatic rings. The number of nitrogens with zero attached hydrogens (tertiary/aromatic N) is 1. The van der Waals surface area contributed by atoms with Crippen molar-refractivity contribution in [3.05, 3.63) is 60.4 Å². The molecule has 0 radical (unpaired) electrons. The number of benzene rings is 2. The molecule has 0 spiro atoms. The smallest absolute Gasteiger partial charge is 0.255 e. The van der Waals surface area contributed by atoms with Crippen LogP contribution in [0.15, 0.2) is 59.2 Å². The van der Waals surface area contributed by atoms with Crippen LogP contribution < -0.4 is 9.62 Å². The second-order valence-corrected chi connectivity index (χ2v) is 8.33. The zero-order valence-electron chi connectivity index (χ0n) is 18.4. The lowest BCUT2D eigenvalue weighted by Crippen LogP contribution is -2.25. The van der Waals surface area contributed by atoms with Gasteiger partial charge in [0.2, 0.25) is 0 Å². The van der Waals surface area contributed by atoms with Crippen LogP contribution >= 0.6 is 23.7 Å². The molecule has 4 rings (SSSR count). The molecule has 0 bridgehead atoms. The van der Waals surface area contributed by atoms with Gasteiger partial charge in [-0.3, -0.25) is 9.10 Å². The van der Waals surface area contributed by atoms with Gasteiger partial charge in [-0.05, 0) is 79.9 Å². The second-order valence-electron chi connectivity index (χ2n) is 6.41. The van der Waals surface area contributed by atoms with Crippen molar-refractivity contribution in [1.29, 1.82) is 0 Å². The van der Waals surface area contributed by atoms with E-state index in [0.29, 0.717) is 12.3 Å². The molecule has 1 aromatic heterocycles. The Morgan fingerprint density at radius 2 is 1.90 bits per heavy atom. The summed E-state index contributed by atoms with van der Waals surface area (Å²) in [6.07, 6.45) is 5.72. The quantitative estimate of drug-likeness (QED) is 0.495. The summed E-state index contributed by atoms with van der Waals surface area (Å²) in [5, 5.41) is 3.88. The first-order valence-electron chi connectivity index (χ1n) is 9.88. The lowest BCUT2D eigenvalue weighted by atomic mass is 10.2. The predicted molar refractivity (Wildman–Crippen MR) is 133 cm³/mol. The van der Waals surface area contributed by atoms with Crippen LogP contribution in [0, 0.1) is 0 Å². The Hall–Kier alpha value is -2.13. The molecule has 0 atom stereocenters. The van der Waals surface area contributed by atoms with Crippen LogP contribution in [-0.2, 0) is 9.47 Å². The summed E-state index contributed by atoms with van der Waals surface area (Å²) in [6, 6.07) is 15.0.